The number of ether oxygens (including phenoxy) is 2. The lowest BCUT2D eigenvalue weighted by atomic mass is 9.80. The summed E-state index contributed by atoms with van der Waals surface area (Å²) in [5.74, 6) is -1.38. The van der Waals surface area contributed by atoms with Crippen LogP contribution in [0.1, 0.15) is 69.6 Å². The van der Waals surface area contributed by atoms with Gasteiger partial charge in [0.1, 0.15) is 39.8 Å². The molecule has 7 rings (SSSR count). The lowest BCUT2D eigenvalue weighted by Crippen LogP contribution is -2.71. The number of nitrogens with one attached hydrogen (secondary N) is 3. The topological polar surface area (TPSA) is 211 Å². The van der Waals surface area contributed by atoms with Gasteiger partial charge in [-0.25, -0.2) is 24.4 Å². The minimum Gasteiger partial charge on any atom is -0.477 e. The Kier molecular flexibility index (Phi) is 16.1. The second kappa shape index (κ2) is 21.9. The van der Waals surface area contributed by atoms with E-state index in [0.717, 1.165) is 9.90 Å². The number of anilines is 1. The van der Waals surface area contributed by atoms with Crippen molar-refractivity contribution in [2.24, 2.45) is 5.16 Å². The minimum atomic E-state index is -1.41. The standard InChI is InChI=1S/C49H51N7O9S4/c1-47(2,3)63-45(61)50-25-26-66-27-34-44(68-29-51-34)69-35-28-67-42-38(41(58)56(42)39(35)43(59)60)54-40(57)37(33-23-16-24-36(52-33)53-46(62)64-48(4,5)6)55-65-49(30-17-10-7-11-18-30,31-19-12-8-13-20-31)32-21-14-9-15-22-32/h7-24,29,38,42H,25-28H2,1-6H3,(H,50,61)(H,54,57)(H,59,60)(H,52,53,62)/b55-37-/t38-,42-/m1/s1. The van der Waals surface area contributed by atoms with E-state index in [0.29, 0.717) is 39.6 Å². The number of carboxylic acids is 1. The van der Waals surface area contributed by atoms with E-state index in [2.05, 4.69) is 31.1 Å². The number of alkyl carbamates (subject to hydrolysis) is 1. The van der Waals surface area contributed by atoms with E-state index in [-0.39, 0.29) is 28.7 Å². The van der Waals surface area contributed by atoms with E-state index >= 15 is 0 Å². The molecule has 4 heterocycles. The largest absolute Gasteiger partial charge is 0.477 e. The van der Waals surface area contributed by atoms with Crippen LogP contribution >= 0.6 is 46.6 Å². The van der Waals surface area contributed by atoms with Gasteiger partial charge in [-0.1, -0.05) is 114 Å². The molecule has 0 spiro atoms. The van der Waals surface area contributed by atoms with Crippen molar-refractivity contribution in [3.63, 3.8) is 0 Å². The molecule has 2 aliphatic heterocycles. The highest BCUT2D eigenvalue weighted by Gasteiger charge is 2.55. The summed E-state index contributed by atoms with van der Waals surface area (Å²) < 4.78 is 11.5. The van der Waals surface area contributed by atoms with E-state index in [1.165, 1.54) is 51.9 Å². The first kappa shape index (κ1) is 50.5. The number of oxime groups is 1. The highest BCUT2D eigenvalue weighted by molar-refractivity contribution is 8.07. The summed E-state index contributed by atoms with van der Waals surface area (Å²) in [5.41, 5.74) is 1.19. The smallest absolute Gasteiger partial charge is 0.413 e. The van der Waals surface area contributed by atoms with Crippen LogP contribution in [0.2, 0.25) is 0 Å². The van der Waals surface area contributed by atoms with Gasteiger partial charge in [0.2, 0.25) is 5.60 Å². The lowest BCUT2D eigenvalue weighted by molar-refractivity contribution is -0.150. The molecular formula is C49H51N7O9S4. The molecule has 360 valence electrons. The molecule has 2 atom stereocenters. The van der Waals surface area contributed by atoms with Gasteiger partial charge in [0.25, 0.3) is 11.8 Å². The maximum absolute atomic E-state index is 14.7. The second-order valence-corrected chi connectivity index (χ2v) is 21.9. The number of aromatic nitrogens is 2. The number of hydrogen-bond donors (Lipinski definition) is 4. The Balaban J connectivity index is 1.16. The van der Waals surface area contributed by atoms with E-state index < -0.39 is 58.2 Å². The van der Waals surface area contributed by atoms with Crippen LogP contribution < -0.4 is 16.0 Å². The van der Waals surface area contributed by atoms with Crippen molar-refractivity contribution in [1.29, 1.82) is 0 Å². The van der Waals surface area contributed by atoms with E-state index in [1.807, 2.05) is 91.0 Å². The van der Waals surface area contributed by atoms with Gasteiger partial charge in [0.15, 0.2) is 5.71 Å². The molecule has 0 unspecified atom stereocenters. The summed E-state index contributed by atoms with van der Waals surface area (Å²) in [7, 11) is 0. The molecule has 3 aromatic carbocycles. The van der Waals surface area contributed by atoms with Gasteiger partial charge < -0.3 is 30.1 Å². The van der Waals surface area contributed by atoms with Crippen LogP contribution in [-0.2, 0) is 40.0 Å². The van der Waals surface area contributed by atoms with Crippen LogP contribution in [0.25, 0.3) is 0 Å². The minimum absolute atomic E-state index is 0.00768. The van der Waals surface area contributed by atoms with Gasteiger partial charge in [-0.05, 0) is 53.7 Å². The number of carbonyl (C=O) groups excluding carboxylic acids is 4. The third-order valence-corrected chi connectivity index (χ3v) is 14.7. The van der Waals surface area contributed by atoms with E-state index in [9.17, 15) is 29.1 Å². The van der Waals surface area contributed by atoms with Crippen molar-refractivity contribution in [1.82, 2.24) is 25.5 Å². The number of β-lactam (4-membered cyclic amide) rings is 1. The number of carbonyl (C=O) groups is 5. The average Bonchev–Trinajstić information content (AvgIpc) is 3.75. The molecule has 0 aliphatic carbocycles. The number of rotatable bonds is 17. The second-order valence-electron chi connectivity index (χ2n) is 17.5. The van der Waals surface area contributed by atoms with Gasteiger partial charge in [-0.15, -0.1) is 23.1 Å². The normalized spacial score (nSPS) is 16.2. The Hall–Kier alpha value is -6.35. The zero-order valence-electron chi connectivity index (χ0n) is 38.6. The molecule has 2 aromatic heterocycles. The number of thioether (sulfide) groups is 3. The number of amides is 4. The number of aliphatic carboxylic acids is 1. The number of hydrogen-bond acceptors (Lipinski definition) is 15. The molecule has 0 radical (unpaired) electrons. The molecule has 16 nitrogen and oxygen atoms in total. The molecule has 2 aliphatic rings. The highest BCUT2D eigenvalue weighted by atomic mass is 32.2. The Morgan fingerprint density at radius 3 is 2.00 bits per heavy atom. The molecule has 4 N–H and O–H groups in total. The van der Waals surface area contributed by atoms with Crippen LogP contribution in [0.4, 0.5) is 15.4 Å². The Morgan fingerprint density at radius 2 is 1.42 bits per heavy atom. The Bertz CT molecular complexity index is 2630. The van der Waals surface area contributed by atoms with Gasteiger partial charge >= 0.3 is 18.2 Å². The number of thiazole rings is 1. The van der Waals surface area contributed by atoms with Crippen molar-refractivity contribution < 1.29 is 43.4 Å². The molecule has 20 heteroatoms. The summed E-state index contributed by atoms with van der Waals surface area (Å²) in [6.45, 7) is 10.9. The fourth-order valence-electron chi connectivity index (χ4n) is 7.18. The molecule has 1 fully saturated rings. The maximum atomic E-state index is 14.7. The van der Waals surface area contributed by atoms with Crippen molar-refractivity contribution in [3.8, 4) is 0 Å². The van der Waals surface area contributed by atoms with Gasteiger partial charge in [0.05, 0.1) is 15.4 Å². The summed E-state index contributed by atoms with van der Waals surface area (Å²) in [5, 5.41) is 22.5. The molecule has 4 amide bonds. The van der Waals surface area contributed by atoms with Gasteiger partial charge in [0, 0.05) is 45.4 Å². The van der Waals surface area contributed by atoms with Crippen LogP contribution in [0.15, 0.2) is 135 Å². The summed E-state index contributed by atoms with van der Waals surface area (Å²) in [6.07, 6.45) is -1.27. The molecular weight excluding hydrogens is 959 g/mol. The first-order valence-electron chi connectivity index (χ1n) is 21.7. The van der Waals surface area contributed by atoms with Crippen molar-refractivity contribution in [2.45, 2.75) is 79.7 Å². The summed E-state index contributed by atoms with van der Waals surface area (Å²) >= 11 is 5.47. The van der Waals surface area contributed by atoms with Crippen LogP contribution in [0, 0.1) is 0 Å². The SMILES string of the molecule is CC(C)(C)OC(=O)NCCSCc1ncsc1SC1=C(C(=O)O)N2C(=O)[C@@H](NC(=O)/C(=N\OC(c3ccccc3)(c3ccccc3)c3ccccc3)c3cccc(NC(=O)OC(C)(C)C)n3)[C@H]2SC1. The summed E-state index contributed by atoms with van der Waals surface area (Å²) in [4.78, 5) is 84.1. The van der Waals surface area contributed by atoms with Crippen molar-refractivity contribution in [2.75, 3.05) is 23.4 Å². The predicted octanol–water partition coefficient (Wildman–Crippen LogP) is 8.84. The van der Waals surface area contributed by atoms with Crippen LogP contribution in [-0.4, -0.2) is 96.3 Å². The average molecular weight is 1010 g/mol. The zero-order valence-corrected chi connectivity index (χ0v) is 41.9. The Labute approximate surface area is 416 Å². The lowest BCUT2D eigenvalue weighted by Gasteiger charge is -2.49. The zero-order chi connectivity index (χ0) is 49.3. The third-order valence-electron chi connectivity index (χ3n) is 10.0. The van der Waals surface area contributed by atoms with Crippen molar-refractivity contribution >= 4 is 88.1 Å². The first-order chi connectivity index (χ1) is 32.9. The molecule has 5 aromatic rings. The highest BCUT2D eigenvalue weighted by Crippen LogP contribution is 2.47. The molecule has 0 bridgehead atoms. The number of fused-ring (bicyclic) bond motifs is 1. The van der Waals surface area contributed by atoms with Crippen molar-refractivity contribution in [3.05, 3.63) is 153 Å². The van der Waals surface area contributed by atoms with Gasteiger partial charge in [-0.3, -0.25) is 19.8 Å². The third kappa shape index (κ3) is 12.5. The number of pyridine rings is 1. The fraction of sp³-hybridized carbons (Fsp3) is 0.306. The van der Waals surface area contributed by atoms with E-state index in [4.69, 9.17) is 14.3 Å². The Morgan fingerprint density at radius 1 is 0.826 bits per heavy atom. The number of nitrogens with zero attached hydrogens (tertiary/aromatic N) is 4. The summed E-state index contributed by atoms with van der Waals surface area (Å²) in [6, 6.07) is 31.7. The quantitative estimate of drug-likeness (QED) is 0.0226. The molecule has 69 heavy (non-hydrogen) atoms. The van der Waals surface area contributed by atoms with Crippen LogP contribution in [0.5, 0.6) is 0 Å². The maximum Gasteiger partial charge on any atom is 0.413 e. The monoisotopic (exact) mass is 1010 g/mol. The van der Waals surface area contributed by atoms with Crippen LogP contribution in [0.3, 0.4) is 0 Å². The molecule has 1 saturated heterocycles. The first-order valence-corrected chi connectivity index (χ1v) is 25.6. The number of benzene rings is 3. The van der Waals surface area contributed by atoms with E-state index in [1.54, 1.807) is 64.9 Å². The molecule has 0 saturated carbocycles. The van der Waals surface area contributed by atoms with Gasteiger partial charge in [-0.2, -0.15) is 11.8 Å². The fourth-order valence-corrected chi connectivity index (χ4v) is 11.7. The number of carboxylic acid groups (broad SMARTS) is 1. The predicted molar refractivity (Wildman–Crippen MR) is 269 cm³/mol.